The van der Waals surface area contributed by atoms with Gasteiger partial charge in [0.1, 0.15) is 5.58 Å². The number of nitrogens with zero attached hydrogens (tertiary/aromatic N) is 3. The van der Waals surface area contributed by atoms with Crippen molar-refractivity contribution in [1.29, 1.82) is 0 Å². The summed E-state index contributed by atoms with van der Waals surface area (Å²) in [6.45, 7) is 31.2. The normalized spacial score (nSPS) is 17.6. The van der Waals surface area contributed by atoms with Gasteiger partial charge in [-0.25, -0.2) is 0 Å². The van der Waals surface area contributed by atoms with Gasteiger partial charge in [-0.05, 0) is 201 Å². The number of benzene rings is 7. The van der Waals surface area contributed by atoms with E-state index in [9.17, 15) is 0 Å². The molecule has 0 bridgehead atoms. The highest BCUT2D eigenvalue weighted by Crippen LogP contribution is 2.54. The third-order valence-corrected chi connectivity index (χ3v) is 18.4. The Kier molecular flexibility index (Phi) is 11.2. The quantitative estimate of drug-likeness (QED) is 0.134. The molecule has 0 amide bonds. The average molecular weight is 974 g/mol. The number of hydrogen-bond donors (Lipinski definition) is 0. The average Bonchev–Trinajstić information content (AvgIpc) is 3.75. The maximum Gasteiger partial charge on any atom is 0.297 e. The fourth-order valence-corrected chi connectivity index (χ4v) is 13.5. The van der Waals surface area contributed by atoms with Crippen LogP contribution < -0.4 is 31.3 Å². The molecule has 0 atom stereocenters. The van der Waals surface area contributed by atoms with Crippen molar-refractivity contribution in [3.63, 3.8) is 0 Å². The molecule has 0 saturated carbocycles. The molecule has 7 aromatic carbocycles. The zero-order valence-corrected chi connectivity index (χ0v) is 46.5. The van der Waals surface area contributed by atoms with Crippen molar-refractivity contribution >= 4 is 85.5 Å². The van der Waals surface area contributed by atoms with E-state index in [-0.39, 0.29) is 33.8 Å². The number of hydrogen-bond acceptors (Lipinski definition) is 4. The number of furan rings is 1. The molecule has 4 aliphatic rings. The zero-order chi connectivity index (χ0) is 51.9. The Balaban J connectivity index is 1.15. The van der Waals surface area contributed by atoms with Crippen LogP contribution in [0.25, 0.3) is 11.0 Å². The molecular formula is C69H76BN3O. The summed E-state index contributed by atoms with van der Waals surface area (Å²) in [6.07, 6.45) is 6.98. The maximum absolute atomic E-state index is 7.67. The minimum absolute atomic E-state index is 0.0305. The topological polar surface area (TPSA) is 22.9 Å². The maximum atomic E-state index is 7.67. The van der Waals surface area contributed by atoms with Crippen molar-refractivity contribution in [2.24, 2.45) is 5.92 Å². The summed E-state index contributed by atoms with van der Waals surface area (Å²) in [6, 6.07) is 55.8. The van der Waals surface area contributed by atoms with Gasteiger partial charge in [0.25, 0.3) is 6.71 Å². The Hall–Kier alpha value is -6.46. The third-order valence-electron chi connectivity index (χ3n) is 18.4. The largest absolute Gasteiger partial charge is 0.468 e. The van der Waals surface area contributed by atoms with Crippen molar-refractivity contribution in [2.45, 2.75) is 156 Å². The van der Waals surface area contributed by atoms with E-state index < -0.39 is 0 Å². The van der Waals surface area contributed by atoms with Crippen LogP contribution in [0.1, 0.15) is 155 Å². The highest BCUT2D eigenvalue weighted by atomic mass is 16.3. The monoisotopic (exact) mass is 974 g/mol. The summed E-state index contributed by atoms with van der Waals surface area (Å²) in [7, 11) is 0. The SMILES string of the molecule is Cc1cc2c3c(c1)N(c1ccc4c(c1)C(C)(C)CCC4(C)C)c1c(oc4cc5c(cc14)C(C)(C)CCC5(C)C)B3c1ccc(N(c3ccccc3)c3ccccc3)cc1N2c1ccc(C(C)(C)CCC(C)C)cc1. The molecule has 2 aliphatic carbocycles. The Morgan fingerprint density at radius 2 is 1.09 bits per heavy atom. The van der Waals surface area contributed by atoms with Crippen molar-refractivity contribution in [3.05, 3.63) is 179 Å². The minimum Gasteiger partial charge on any atom is -0.468 e. The lowest BCUT2D eigenvalue weighted by Gasteiger charge is -2.45. The van der Waals surface area contributed by atoms with Gasteiger partial charge in [-0.2, -0.15) is 0 Å². The van der Waals surface area contributed by atoms with Crippen LogP contribution >= 0.6 is 0 Å². The van der Waals surface area contributed by atoms with E-state index in [0.29, 0.717) is 5.92 Å². The van der Waals surface area contributed by atoms with Crippen LogP contribution in [0.3, 0.4) is 0 Å². The second-order valence-corrected chi connectivity index (χ2v) is 26.4. The second kappa shape index (κ2) is 17.0. The molecule has 0 radical (unpaired) electrons. The van der Waals surface area contributed by atoms with E-state index >= 15 is 0 Å². The van der Waals surface area contributed by atoms with Crippen LogP contribution in [0.4, 0.5) is 51.2 Å². The predicted octanol–water partition coefficient (Wildman–Crippen LogP) is 17.7. The van der Waals surface area contributed by atoms with Gasteiger partial charge < -0.3 is 19.1 Å². The molecule has 0 spiro atoms. The van der Waals surface area contributed by atoms with Crippen molar-refractivity contribution < 1.29 is 4.42 Å². The summed E-state index contributed by atoms with van der Waals surface area (Å²) in [4.78, 5) is 7.60. The second-order valence-electron chi connectivity index (χ2n) is 26.4. The van der Waals surface area contributed by atoms with Crippen molar-refractivity contribution in [3.8, 4) is 0 Å². The number of aryl methyl sites for hydroxylation is 1. The minimum atomic E-state index is -0.165. The summed E-state index contributed by atoms with van der Waals surface area (Å²) in [5.41, 5.74) is 23.7. The summed E-state index contributed by atoms with van der Waals surface area (Å²) in [5, 5.41) is 1.20. The molecule has 4 nitrogen and oxygen atoms in total. The Morgan fingerprint density at radius 3 is 1.69 bits per heavy atom. The third kappa shape index (κ3) is 7.76. The smallest absolute Gasteiger partial charge is 0.297 e. The van der Waals surface area contributed by atoms with Gasteiger partial charge in [0.15, 0.2) is 0 Å². The first kappa shape index (κ1) is 48.5. The van der Waals surface area contributed by atoms with Gasteiger partial charge >= 0.3 is 0 Å². The van der Waals surface area contributed by atoms with Gasteiger partial charge in [0.2, 0.25) is 0 Å². The van der Waals surface area contributed by atoms with Crippen LogP contribution in [0, 0.1) is 12.8 Å². The Bertz CT molecular complexity index is 3450. The molecule has 8 aromatic rings. The highest BCUT2D eigenvalue weighted by molar-refractivity contribution is 7.00. The summed E-state index contributed by atoms with van der Waals surface area (Å²) in [5.74, 6) is 0.662. The van der Waals surface area contributed by atoms with Crippen LogP contribution in [0.5, 0.6) is 0 Å². The predicted molar refractivity (Wildman–Crippen MR) is 317 cm³/mol. The van der Waals surface area contributed by atoms with Gasteiger partial charge in [0.05, 0.1) is 11.3 Å². The van der Waals surface area contributed by atoms with Crippen LogP contribution in [0.15, 0.2) is 150 Å². The van der Waals surface area contributed by atoms with Gasteiger partial charge in [-0.3, -0.25) is 0 Å². The van der Waals surface area contributed by atoms with Crippen LogP contribution in [-0.4, -0.2) is 6.71 Å². The van der Waals surface area contributed by atoms with Gasteiger partial charge in [0, 0.05) is 50.9 Å². The van der Waals surface area contributed by atoms with E-state index in [2.05, 4.69) is 250 Å². The molecule has 1 aromatic heterocycles. The van der Waals surface area contributed by atoms with Gasteiger partial charge in [-0.1, -0.05) is 150 Å². The number of anilines is 9. The molecule has 3 heterocycles. The Labute approximate surface area is 442 Å². The van der Waals surface area contributed by atoms with E-state index in [1.54, 1.807) is 0 Å². The van der Waals surface area contributed by atoms with Crippen LogP contribution in [0.2, 0.25) is 0 Å². The molecule has 0 N–H and O–H groups in total. The van der Waals surface area contributed by atoms with E-state index in [0.717, 1.165) is 59.7 Å². The standard InChI is InChI=1S/C69H76BN3O/c1-44(2)32-33-65(4,5)46-24-26-49(27-25-46)72-58-41-51(71(47-20-16-14-17-21-47)48-22-18-15-19-23-48)29-31-57(58)70-62-59(72)38-45(3)39-60(62)73(50-28-30-53-54(40-50)67(8,9)35-34-66(53,6)7)63-52-42-55-56(43-61(52)74-64(63)70)69(12,13)37-36-68(55,10)11/h14-31,38-44H,32-37H2,1-13H3. The molecule has 74 heavy (non-hydrogen) atoms. The first-order chi connectivity index (χ1) is 35.1. The van der Waals surface area contributed by atoms with Crippen LogP contribution in [-0.2, 0) is 27.1 Å². The fraction of sp³-hybridized carbons (Fsp3) is 0.362. The first-order valence-corrected chi connectivity index (χ1v) is 27.8. The molecule has 376 valence electrons. The van der Waals surface area contributed by atoms with E-state index in [4.69, 9.17) is 4.42 Å². The summed E-state index contributed by atoms with van der Waals surface area (Å²) >= 11 is 0. The first-order valence-electron chi connectivity index (χ1n) is 27.8. The van der Waals surface area contributed by atoms with E-state index in [1.807, 2.05) is 0 Å². The zero-order valence-electron chi connectivity index (χ0n) is 46.5. The lowest BCUT2D eigenvalue weighted by atomic mass is 9.35. The lowest BCUT2D eigenvalue weighted by Crippen LogP contribution is -2.61. The van der Waals surface area contributed by atoms with Crippen molar-refractivity contribution in [1.82, 2.24) is 0 Å². The Morgan fingerprint density at radius 1 is 0.554 bits per heavy atom. The highest BCUT2D eigenvalue weighted by Gasteiger charge is 2.49. The van der Waals surface area contributed by atoms with Crippen molar-refractivity contribution in [2.75, 3.05) is 14.7 Å². The number of rotatable bonds is 9. The molecule has 0 fully saturated rings. The number of para-hydroxylation sites is 2. The molecule has 5 heteroatoms. The number of fused-ring (bicyclic) bond motifs is 8. The van der Waals surface area contributed by atoms with Gasteiger partial charge in [-0.15, -0.1) is 0 Å². The molecular weight excluding hydrogens is 898 g/mol. The lowest BCUT2D eigenvalue weighted by molar-refractivity contribution is 0.332. The fourth-order valence-electron chi connectivity index (χ4n) is 13.5. The molecule has 0 unspecified atom stereocenters. The van der Waals surface area contributed by atoms with E-state index in [1.165, 1.54) is 91.0 Å². The molecule has 2 aliphatic heterocycles. The molecule has 0 saturated heterocycles. The molecule has 12 rings (SSSR count). The summed E-state index contributed by atoms with van der Waals surface area (Å²) < 4.78 is 7.67.